The smallest absolute Gasteiger partial charge is 0.328 e. The van der Waals surface area contributed by atoms with Crippen LogP contribution in [0.3, 0.4) is 0 Å². The second-order valence-corrected chi connectivity index (χ2v) is 5.45. The van der Waals surface area contributed by atoms with Crippen LogP contribution in [0.5, 0.6) is 0 Å². The Morgan fingerprint density at radius 1 is 1.00 bits per heavy atom. The van der Waals surface area contributed by atoms with Crippen LogP contribution < -0.4 is 5.32 Å². The number of carbonyl (C=O) groups excluding carboxylic acids is 4. The van der Waals surface area contributed by atoms with Crippen molar-refractivity contribution in [2.24, 2.45) is 17.8 Å². The van der Waals surface area contributed by atoms with Gasteiger partial charge in [0, 0.05) is 12.5 Å². The quantitative estimate of drug-likeness (QED) is 0.365. The molecule has 1 rings (SSSR count). The van der Waals surface area contributed by atoms with Gasteiger partial charge in [0.05, 0.1) is 33.9 Å². The van der Waals surface area contributed by atoms with Crippen molar-refractivity contribution in [1.29, 1.82) is 0 Å². The third kappa shape index (κ3) is 4.67. The number of rotatable bonds is 7. The van der Waals surface area contributed by atoms with Crippen molar-refractivity contribution in [2.45, 2.75) is 19.4 Å². The molecule has 1 saturated heterocycles. The van der Waals surface area contributed by atoms with E-state index in [0.717, 1.165) is 21.3 Å². The van der Waals surface area contributed by atoms with Gasteiger partial charge in [0.15, 0.2) is 5.92 Å². The van der Waals surface area contributed by atoms with Gasteiger partial charge in [0.25, 0.3) is 0 Å². The van der Waals surface area contributed by atoms with Crippen LogP contribution >= 0.6 is 0 Å². The Bertz CT molecular complexity index is 470. The van der Waals surface area contributed by atoms with Crippen LogP contribution in [-0.2, 0) is 38.1 Å². The summed E-state index contributed by atoms with van der Waals surface area (Å²) in [7, 11) is 3.39. The lowest BCUT2D eigenvalue weighted by molar-refractivity contribution is -0.163. The Hall–Kier alpha value is -2.16. The molecule has 9 heteroatoms. The number of carbonyl (C=O) groups is 4. The highest BCUT2D eigenvalue weighted by Crippen LogP contribution is 2.21. The fourth-order valence-corrected chi connectivity index (χ4v) is 2.52. The van der Waals surface area contributed by atoms with E-state index < -0.39 is 41.7 Å². The van der Waals surface area contributed by atoms with Crippen LogP contribution in [0.2, 0.25) is 0 Å². The number of nitrogens with one attached hydrogen (secondary N) is 1. The summed E-state index contributed by atoms with van der Waals surface area (Å²) in [5.74, 6) is -5.58. The molecule has 0 unspecified atom stereocenters. The van der Waals surface area contributed by atoms with Crippen LogP contribution in [0.25, 0.3) is 0 Å². The molecule has 1 heterocycles. The Labute approximate surface area is 139 Å². The molecule has 0 spiro atoms. The average Bonchev–Trinajstić information content (AvgIpc) is 3.12. The molecule has 1 amide bonds. The van der Waals surface area contributed by atoms with Gasteiger partial charge in [-0.2, -0.15) is 0 Å². The van der Waals surface area contributed by atoms with E-state index in [1.165, 1.54) is 6.92 Å². The lowest BCUT2D eigenvalue weighted by Gasteiger charge is -2.27. The van der Waals surface area contributed by atoms with Crippen molar-refractivity contribution in [3.05, 3.63) is 0 Å². The summed E-state index contributed by atoms with van der Waals surface area (Å²) in [6.45, 7) is 2.18. The zero-order valence-electron chi connectivity index (χ0n) is 14.2. The van der Waals surface area contributed by atoms with Crippen LogP contribution in [0.1, 0.15) is 13.3 Å². The molecule has 1 aliphatic heterocycles. The second-order valence-electron chi connectivity index (χ2n) is 5.45. The molecule has 0 radical (unpaired) electrons. The van der Waals surface area contributed by atoms with Gasteiger partial charge in [-0.25, -0.2) is 4.79 Å². The molecule has 0 aromatic carbocycles. The number of hydrogen-bond donors (Lipinski definition) is 1. The first kappa shape index (κ1) is 19.9. The van der Waals surface area contributed by atoms with Crippen molar-refractivity contribution < 1.29 is 38.1 Å². The third-order valence-electron chi connectivity index (χ3n) is 4.02. The van der Waals surface area contributed by atoms with E-state index in [1.54, 1.807) is 0 Å². The first-order valence-corrected chi connectivity index (χ1v) is 7.48. The molecule has 3 atom stereocenters. The molecule has 9 nitrogen and oxygen atoms in total. The fraction of sp³-hybridized carbons (Fsp3) is 0.733. The fourth-order valence-electron chi connectivity index (χ4n) is 2.52. The molecular formula is C15H23NO8. The summed E-state index contributed by atoms with van der Waals surface area (Å²) >= 11 is 0. The van der Waals surface area contributed by atoms with Crippen LogP contribution in [0.4, 0.5) is 0 Å². The van der Waals surface area contributed by atoms with Crippen molar-refractivity contribution in [1.82, 2.24) is 5.32 Å². The number of hydrogen-bond acceptors (Lipinski definition) is 8. The molecule has 0 aromatic rings. The highest BCUT2D eigenvalue weighted by atomic mass is 16.5. The lowest BCUT2D eigenvalue weighted by Crippen LogP contribution is -2.52. The van der Waals surface area contributed by atoms with Crippen molar-refractivity contribution >= 4 is 23.8 Å². The van der Waals surface area contributed by atoms with E-state index in [4.69, 9.17) is 4.74 Å². The predicted octanol–water partition coefficient (Wildman–Crippen LogP) is -0.721. The summed E-state index contributed by atoms with van der Waals surface area (Å²) in [4.78, 5) is 48.1. The standard InChI is InChI=1S/C15H23NO8/c1-8(10(13(18)21-2)14(19)22-3)11(15(20)23-4)16-12(17)9-5-6-24-7-9/h8-11H,5-7H2,1-4H3,(H,16,17)/t8-,9-,11-/m0/s1. The minimum Gasteiger partial charge on any atom is -0.468 e. The molecule has 1 aliphatic rings. The van der Waals surface area contributed by atoms with Gasteiger partial charge in [-0.1, -0.05) is 6.92 Å². The summed E-state index contributed by atoms with van der Waals surface area (Å²) < 4.78 is 19.0. The van der Waals surface area contributed by atoms with E-state index in [-0.39, 0.29) is 12.5 Å². The zero-order valence-corrected chi connectivity index (χ0v) is 14.2. The topological polar surface area (TPSA) is 117 Å². The van der Waals surface area contributed by atoms with Gasteiger partial charge in [0.1, 0.15) is 6.04 Å². The molecule has 1 fully saturated rings. The van der Waals surface area contributed by atoms with Crippen molar-refractivity contribution in [3.8, 4) is 0 Å². The Kier molecular flexibility index (Phi) is 7.63. The highest BCUT2D eigenvalue weighted by Gasteiger charge is 2.43. The normalized spacial score (nSPS) is 19.3. The zero-order chi connectivity index (χ0) is 18.3. The summed E-state index contributed by atoms with van der Waals surface area (Å²) in [5, 5.41) is 2.54. The molecule has 136 valence electrons. The summed E-state index contributed by atoms with van der Waals surface area (Å²) in [6.07, 6.45) is 0.533. The SMILES string of the molecule is COC(=O)C(C(=O)OC)[C@H](C)[C@H](NC(=O)[C@H]1CCOC1)C(=O)OC. The first-order valence-electron chi connectivity index (χ1n) is 7.48. The van der Waals surface area contributed by atoms with E-state index in [9.17, 15) is 19.2 Å². The summed E-state index contributed by atoms with van der Waals surface area (Å²) in [5.41, 5.74) is 0. The Morgan fingerprint density at radius 3 is 1.96 bits per heavy atom. The summed E-state index contributed by atoms with van der Waals surface area (Å²) in [6, 6.07) is -1.20. The first-order chi connectivity index (χ1) is 11.4. The van der Waals surface area contributed by atoms with E-state index in [2.05, 4.69) is 19.5 Å². The Balaban J connectivity index is 2.98. The van der Waals surface area contributed by atoms with E-state index in [1.807, 2.05) is 0 Å². The number of amides is 1. The average molecular weight is 345 g/mol. The van der Waals surface area contributed by atoms with Crippen molar-refractivity contribution in [3.63, 3.8) is 0 Å². The lowest BCUT2D eigenvalue weighted by atomic mass is 9.87. The second kappa shape index (κ2) is 9.21. The van der Waals surface area contributed by atoms with E-state index >= 15 is 0 Å². The maximum atomic E-state index is 12.3. The minimum atomic E-state index is -1.37. The van der Waals surface area contributed by atoms with Gasteiger partial charge in [-0.15, -0.1) is 0 Å². The van der Waals surface area contributed by atoms with Crippen LogP contribution in [-0.4, -0.2) is 64.4 Å². The van der Waals surface area contributed by atoms with Crippen molar-refractivity contribution in [2.75, 3.05) is 34.5 Å². The monoisotopic (exact) mass is 345 g/mol. The van der Waals surface area contributed by atoms with Crippen LogP contribution in [0.15, 0.2) is 0 Å². The van der Waals surface area contributed by atoms with Gasteiger partial charge in [-0.05, 0) is 6.42 Å². The molecule has 1 N–H and O–H groups in total. The van der Waals surface area contributed by atoms with E-state index in [0.29, 0.717) is 13.0 Å². The van der Waals surface area contributed by atoms with Gasteiger partial charge in [0.2, 0.25) is 5.91 Å². The molecule has 24 heavy (non-hydrogen) atoms. The minimum absolute atomic E-state index is 0.255. The van der Waals surface area contributed by atoms with Crippen LogP contribution in [0, 0.1) is 17.8 Å². The highest BCUT2D eigenvalue weighted by molar-refractivity contribution is 5.96. The maximum absolute atomic E-state index is 12.3. The molecule has 0 bridgehead atoms. The number of methoxy groups -OCH3 is 3. The molecule has 0 saturated carbocycles. The predicted molar refractivity (Wildman–Crippen MR) is 79.6 cm³/mol. The Morgan fingerprint density at radius 2 is 1.54 bits per heavy atom. The molecular weight excluding hydrogens is 322 g/mol. The van der Waals surface area contributed by atoms with Gasteiger partial charge in [-0.3, -0.25) is 14.4 Å². The maximum Gasteiger partial charge on any atom is 0.328 e. The van der Waals surface area contributed by atoms with Gasteiger partial charge >= 0.3 is 17.9 Å². The molecule has 0 aliphatic carbocycles. The largest absolute Gasteiger partial charge is 0.468 e. The number of ether oxygens (including phenoxy) is 4. The third-order valence-corrected chi connectivity index (χ3v) is 4.02. The van der Waals surface area contributed by atoms with Gasteiger partial charge < -0.3 is 24.3 Å². The molecule has 0 aromatic heterocycles. The number of esters is 3.